The molecule has 0 bridgehead atoms. The first kappa shape index (κ1) is 10.9. The van der Waals surface area contributed by atoms with Gasteiger partial charge in [-0.1, -0.05) is 45.0 Å². The van der Waals surface area contributed by atoms with E-state index in [4.69, 9.17) is 0 Å². The highest BCUT2D eigenvalue weighted by molar-refractivity contribution is 5.74. The third-order valence-electron chi connectivity index (χ3n) is 1.65. The van der Waals surface area contributed by atoms with Crippen molar-refractivity contribution >= 4 is 6.29 Å². The molecule has 0 saturated heterocycles. The zero-order valence-corrected chi connectivity index (χ0v) is 6.71. The quantitative estimate of drug-likeness (QED) is 0.627. The lowest BCUT2D eigenvalue weighted by Gasteiger charge is -1.96. The van der Waals surface area contributed by atoms with Gasteiger partial charge in [-0.3, -0.25) is 4.79 Å². The minimum absolute atomic E-state index is 0. The number of rotatable bonds is 3. The molecule has 0 fully saturated rings. The Morgan fingerprint density at radius 3 is 2.25 bits per heavy atom. The number of hydrogen-bond acceptors (Lipinski definition) is 1. The summed E-state index contributed by atoms with van der Waals surface area (Å²) in [7, 11) is 0. The van der Waals surface area contributed by atoms with E-state index in [0.29, 0.717) is 0 Å². The molecule has 0 aliphatic carbocycles. The largest absolute Gasteiger partial charge is 0.298 e. The van der Waals surface area contributed by atoms with Crippen LogP contribution in [-0.2, 0) is 6.42 Å². The van der Waals surface area contributed by atoms with E-state index in [1.54, 1.807) is 0 Å². The molecule has 1 nitrogen and oxygen atoms in total. The van der Waals surface area contributed by atoms with Crippen molar-refractivity contribution in [1.82, 2.24) is 0 Å². The van der Waals surface area contributed by atoms with Crippen LogP contribution in [0.4, 0.5) is 0 Å². The van der Waals surface area contributed by atoms with E-state index in [-0.39, 0.29) is 7.43 Å². The molecule has 66 valence electrons. The second-order valence-corrected chi connectivity index (χ2v) is 2.61. The van der Waals surface area contributed by atoms with Crippen molar-refractivity contribution in [3.05, 3.63) is 35.4 Å². The highest BCUT2D eigenvalue weighted by atomic mass is 16.1. The van der Waals surface area contributed by atoms with E-state index in [1.807, 2.05) is 24.3 Å². The molecule has 0 aliphatic rings. The summed E-state index contributed by atoms with van der Waals surface area (Å²) in [5.74, 6) is 0. The molecular weight excluding hydrogens is 148 g/mol. The molecular formula is C11H16O. The minimum Gasteiger partial charge on any atom is -0.298 e. The van der Waals surface area contributed by atoms with E-state index >= 15 is 0 Å². The molecule has 0 aromatic heterocycles. The van der Waals surface area contributed by atoms with E-state index in [0.717, 1.165) is 24.7 Å². The summed E-state index contributed by atoms with van der Waals surface area (Å²) >= 11 is 0. The summed E-state index contributed by atoms with van der Waals surface area (Å²) in [5.41, 5.74) is 2.06. The third-order valence-corrected chi connectivity index (χ3v) is 1.65. The van der Waals surface area contributed by atoms with Crippen molar-refractivity contribution in [1.29, 1.82) is 0 Å². The second kappa shape index (κ2) is 5.53. The van der Waals surface area contributed by atoms with Crippen molar-refractivity contribution in [3.8, 4) is 0 Å². The maximum absolute atomic E-state index is 10.3. The normalized spacial score (nSPS) is 8.75. The monoisotopic (exact) mass is 164 g/mol. The average Bonchev–Trinajstić information content (AvgIpc) is 2.07. The number of benzene rings is 1. The number of aryl methyl sites for hydroxylation is 1. The fourth-order valence-corrected chi connectivity index (χ4v) is 1.05. The summed E-state index contributed by atoms with van der Waals surface area (Å²) in [4.78, 5) is 10.3. The summed E-state index contributed by atoms with van der Waals surface area (Å²) in [6, 6.07) is 7.73. The smallest absolute Gasteiger partial charge is 0.150 e. The summed E-state index contributed by atoms with van der Waals surface area (Å²) < 4.78 is 0. The van der Waals surface area contributed by atoms with Crippen LogP contribution in [0.5, 0.6) is 0 Å². The van der Waals surface area contributed by atoms with Crippen LogP contribution >= 0.6 is 0 Å². The molecule has 0 N–H and O–H groups in total. The van der Waals surface area contributed by atoms with Crippen LogP contribution in [0.2, 0.25) is 0 Å². The van der Waals surface area contributed by atoms with Gasteiger partial charge in [-0.05, 0) is 12.0 Å². The number of carbonyl (C=O) groups excluding carboxylic acids is 1. The van der Waals surface area contributed by atoms with E-state index < -0.39 is 0 Å². The van der Waals surface area contributed by atoms with Crippen LogP contribution in [0.1, 0.15) is 36.7 Å². The predicted octanol–water partition coefficient (Wildman–Crippen LogP) is 3.09. The minimum atomic E-state index is 0. The van der Waals surface area contributed by atoms with Crippen molar-refractivity contribution in [2.45, 2.75) is 27.2 Å². The lowest BCUT2D eigenvalue weighted by atomic mass is 10.1. The fourth-order valence-electron chi connectivity index (χ4n) is 1.05. The van der Waals surface area contributed by atoms with Gasteiger partial charge in [0.25, 0.3) is 0 Å². The number of aldehydes is 1. The molecule has 12 heavy (non-hydrogen) atoms. The lowest BCUT2D eigenvalue weighted by molar-refractivity contribution is 0.112. The second-order valence-electron chi connectivity index (χ2n) is 2.61. The zero-order valence-electron chi connectivity index (χ0n) is 6.71. The summed E-state index contributed by atoms with van der Waals surface area (Å²) in [6.07, 6.45) is 3.12. The summed E-state index contributed by atoms with van der Waals surface area (Å²) in [6.45, 7) is 2.15. The van der Waals surface area contributed by atoms with Gasteiger partial charge in [0, 0.05) is 5.56 Å². The maximum atomic E-state index is 10.3. The maximum Gasteiger partial charge on any atom is 0.150 e. The highest BCUT2D eigenvalue weighted by Gasteiger charge is 1.90. The average molecular weight is 164 g/mol. The Balaban J connectivity index is 0.00000121. The SMILES string of the molecule is C.CCCc1ccc(C=O)cc1. The highest BCUT2D eigenvalue weighted by Crippen LogP contribution is 2.04. The van der Waals surface area contributed by atoms with Crippen LogP contribution in [0.25, 0.3) is 0 Å². The Kier molecular flexibility index (Phi) is 5.02. The van der Waals surface area contributed by atoms with Crippen LogP contribution in [-0.4, -0.2) is 6.29 Å². The molecule has 1 aromatic rings. The van der Waals surface area contributed by atoms with Gasteiger partial charge in [0.15, 0.2) is 0 Å². The van der Waals surface area contributed by atoms with Gasteiger partial charge in [-0.15, -0.1) is 0 Å². The molecule has 0 heterocycles. The van der Waals surface area contributed by atoms with Crippen LogP contribution in [0.3, 0.4) is 0 Å². The van der Waals surface area contributed by atoms with Gasteiger partial charge < -0.3 is 0 Å². The topological polar surface area (TPSA) is 17.1 Å². The first-order valence-electron chi connectivity index (χ1n) is 3.91. The fraction of sp³-hybridized carbons (Fsp3) is 0.364. The molecule has 1 heteroatoms. The van der Waals surface area contributed by atoms with Crippen molar-refractivity contribution in [2.24, 2.45) is 0 Å². The molecule has 0 unspecified atom stereocenters. The predicted molar refractivity (Wildman–Crippen MR) is 52.6 cm³/mol. The first-order chi connectivity index (χ1) is 5.36. The van der Waals surface area contributed by atoms with E-state index in [2.05, 4.69) is 6.92 Å². The zero-order chi connectivity index (χ0) is 8.10. The molecule has 0 radical (unpaired) electrons. The third kappa shape index (κ3) is 2.87. The van der Waals surface area contributed by atoms with Gasteiger partial charge in [-0.2, -0.15) is 0 Å². The van der Waals surface area contributed by atoms with Gasteiger partial charge in [0.2, 0.25) is 0 Å². The van der Waals surface area contributed by atoms with Crippen molar-refractivity contribution in [2.75, 3.05) is 0 Å². The van der Waals surface area contributed by atoms with Gasteiger partial charge in [0.1, 0.15) is 6.29 Å². The Bertz CT molecular complexity index is 223. The Labute approximate surface area is 74.4 Å². The van der Waals surface area contributed by atoms with Crippen molar-refractivity contribution in [3.63, 3.8) is 0 Å². The lowest BCUT2D eigenvalue weighted by Crippen LogP contribution is -1.84. The Morgan fingerprint density at radius 1 is 1.25 bits per heavy atom. The molecule has 1 aromatic carbocycles. The molecule has 0 atom stereocenters. The Morgan fingerprint density at radius 2 is 1.83 bits per heavy atom. The van der Waals surface area contributed by atoms with Gasteiger partial charge in [0.05, 0.1) is 0 Å². The van der Waals surface area contributed by atoms with Gasteiger partial charge >= 0.3 is 0 Å². The summed E-state index contributed by atoms with van der Waals surface area (Å²) in [5, 5.41) is 0. The molecule has 0 spiro atoms. The van der Waals surface area contributed by atoms with Crippen LogP contribution in [0, 0.1) is 0 Å². The van der Waals surface area contributed by atoms with Crippen molar-refractivity contribution < 1.29 is 4.79 Å². The standard InChI is InChI=1S/C10H12O.CH4/c1-2-3-9-4-6-10(8-11)7-5-9;/h4-8H,2-3H2,1H3;1H4. The van der Waals surface area contributed by atoms with E-state index in [9.17, 15) is 4.79 Å². The van der Waals surface area contributed by atoms with Crippen LogP contribution in [0.15, 0.2) is 24.3 Å². The first-order valence-corrected chi connectivity index (χ1v) is 3.91. The molecule has 0 aliphatic heterocycles. The molecule has 1 rings (SSSR count). The van der Waals surface area contributed by atoms with E-state index in [1.165, 1.54) is 5.56 Å². The number of hydrogen-bond donors (Lipinski definition) is 0. The molecule has 0 saturated carbocycles. The molecule has 0 amide bonds. The Hall–Kier alpha value is -1.11. The van der Waals surface area contributed by atoms with Crippen LogP contribution < -0.4 is 0 Å². The number of carbonyl (C=O) groups is 1. The van der Waals surface area contributed by atoms with Gasteiger partial charge in [-0.25, -0.2) is 0 Å².